The van der Waals surface area contributed by atoms with Crippen molar-refractivity contribution in [3.8, 4) is 0 Å². The van der Waals surface area contributed by atoms with Gasteiger partial charge < -0.3 is 21.7 Å². The van der Waals surface area contributed by atoms with Crippen LogP contribution in [0.3, 0.4) is 0 Å². The van der Waals surface area contributed by atoms with Crippen LogP contribution in [0.15, 0.2) is 29.8 Å². The van der Waals surface area contributed by atoms with Crippen LogP contribution in [0.4, 0.5) is 0 Å². The van der Waals surface area contributed by atoms with Crippen molar-refractivity contribution in [2.75, 3.05) is 6.61 Å². The van der Waals surface area contributed by atoms with E-state index in [0.29, 0.717) is 13.2 Å². The molecule has 0 aliphatic carbocycles. The van der Waals surface area contributed by atoms with Gasteiger partial charge in [-0.05, 0) is 12.5 Å². The molecule has 0 atom stereocenters. The molecule has 0 fully saturated rings. The summed E-state index contributed by atoms with van der Waals surface area (Å²) in [5.41, 5.74) is 3.06. The SMILES string of the molecule is CCCCCOC(=O)C[n+]1csc2ccccc21.[Br-]. The third-order valence-corrected chi connectivity index (χ3v) is 3.75. The van der Waals surface area contributed by atoms with Crippen LogP contribution in [0.2, 0.25) is 0 Å². The van der Waals surface area contributed by atoms with Gasteiger partial charge in [-0.15, -0.1) is 0 Å². The van der Waals surface area contributed by atoms with Crippen molar-refractivity contribution in [3.63, 3.8) is 0 Å². The number of nitrogens with zero attached hydrogens (tertiary/aromatic N) is 1. The summed E-state index contributed by atoms with van der Waals surface area (Å²) in [6, 6.07) is 8.07. The van der Waals surface area contributed by atoms with Gasteiger partial charge in [0.25, 0.3) is 0 Å². The van der Waals surface area contributed by atoms with Crippen LogP contribution < -0.4 is 21.5 Å². The molecule has 0 bridgehead atoms. The third kappa shape index (κ3) is 4.58. The Labute approximate surface area is 128 Å². The Balaban J connectivity index is 0.00000180. The molecule has 0 spiro atoms. The average molecular weight is 344 g/mol. The number of hydrogen-bond acceptors (Lipinski definition) is 3. The molecule has 1 heterocycles. The fourth-order valence-electron chi connectivity index (χ4n) is 1.82. The van der Waals surface area contributed by atoms with Crippen molar-refractivity contribution in [3.05, 3.63) is 29.8 Å². The van der Waals surface area contributed by atoms with Gasteiger partial charge in [0.2, 0.25) is 17.6 Å². The van der Waals surface area contributed by atoms with Crippen molar-refractivity contribution in [2.45, 2.75) is 32.7 Å². The number of halogens is 1. The van der Waals surface area contributed by atoms with E-state index in [4.69, 9.17) is 4.74 Å². The first-order valence-corrected chi connectivity index (χ1v) is 7.20. The molecule has 0 saturated carbocycles. The Bertz CT molecular complexity index is 527. The van der Waals surface area contributed by atoms with E-state index in [-0.39, 0.29) is 23.0 Å². The van der Waals surface area contributed by atoms with Gasteiger partial charge in [0.1, 0.15) is 4.70 Å². The molecule has 0 N–H and O–H groups in total. The first kappa shape index (κ1) is 16.1. The highest BCUT2D eigenvalue weighted by atomic mass is 79.9. The van der Waals surface area contributed by atoms with E-state index in [1.165, 1.54) is 4.70 Å². The number of hydrogen-bond donors (Lipinski definition) is 0. The second kappa shape index (κ2) is 8.27. The predicted octanol–water partition coefficient (Wildman–Crippen LogP) is -0.0738. The number of esters is 1. The zero-order valence-electron chi connectivity index (χ0n) is 11.0. The molecular weight excluding hydrogens is 326 g/mol. The van der Waals surface area contributed by atoms with Gasteiger partial charge in [-0.2, -0.15) is 4.57 Å². The van der Waals surface area contributed by atoms with E-state index < -0.39 is 0 Å². The smallest absolute Gasteiger partial charge is 0.372 e. The van der Waals surface area contributed by atoms with Gasteiger partial charge in [0.15, 0.2) is 0 Å². The Hall–Kier alpha value is -0.940. The highest BCUT2D eigenvalue weighted by molar-refractivity contribution is 7.16. The lowest BCUT2D eigenvalue weighted by Gasteiger charge is -2.01. The minimum Gasteiger partial charge on any atom is -1.00 e. The molecule has 0 saturated heterocycles. The molecule has 0 amide bonds. The van der Waals surface area contributed by atoms with Gasteiger partial charge in [0, 0.05) is 6.07 Å². The first-order chi connectivity index (χ1) is 8.81. The minimum atomic E-state index is -0.153. The van der Waals surface area contributed by atoms with Crippen molar-refractivity contribution >= 4 is 27.5 Å². The summed E-state index contributed by atoms with van der Waals surface area (Å²) in [5.74, 6) is -0.153. The van der Waals surface area contributed by atoms with Crippen LogP contribution >= 0.6 is 11.3 Å². The zero-order valence-corrected chi connectivity index (χ0v) is 13.4. The lowest BCUT2D eigenvalue weighted by molar-refractivity contribution is -0.655. The molecule has 0 radical (unpaired) electrons. The zero-order chi connectivity index (χ0) is 12.8. The van der Waals surface area contributed by atoms with Gasteiger partial charge in [-0.1, -0.05) is 43.2 Å². The minimum absolute atomic E-state index is 0. The summed E-state index contributed by atoms with van der Waals surface area (Å²) in [7, 11) is 0. The number of unbranched alkanes of at least 4 members (excludes halogenated alkanes) is 2. The van der Waals surface area contributed by atoms with Gasteiger partial charge >= 0.3 is 5.97 Å². The molecule has 1 aromatic heterocycles. The van der Waals surface area contributed by atoms with Crippen LogP contribution in [0, 0.1) is 0 Å². The molecule has 2 aromatic rings. The fourth-order valence-corrected chi connectivity index (χ4v) is 2.71. The molecule has 1 aromatic carbocycles. The predicted molar refractivity (Wildman–Crippen MR) is 72.5 cm³/mol. The summed E-state index contributed by atoms with van der Waals surface area (Å²) in [4.78, 5) is 11.7. The Morgan fingerprint density at radius 3 is 2.89 bits per heavy atom. The number of thiazole rings is 1. The van der Waals surface area contributed by atoms with E-state index in [1.54, 1.807) is 11.3 Å². The Kier molecular flexibility index (Phi) is 7.02. The van der Waals surface area contributed by atoms with Gasteiger partial charge in [0.05, 0.1) is 6.61 Å². The number of aromatic nitrogens is 1. The highest BCUT2D eigenvalue weighted by Crippen LogP contribution is 2.14. The highest BCUT2D eigenvalue weighted by Gasteiger charge is 2.16. The van der Waals surface area contributed by atoms with E-state index in [0.717, 1.165) is 24.8 Å². The van der Waals surface area contributed by atoms with Crippen molar-refractivity contribution < 1.29 is 31.1 Å². The number of rotatable bonds is 6. The standard InChI is InChI=1S/C14H18NO2S.BrH/c1-2-3-6-9-17-14(16)10-15-11-18-13-8-5-4-7-12(13)15;/h4-5,7-8,11H,2-3,6,9-10H2,1H3;1H/q+1;/p-1. The molecule has 104 valence electrons. The van der Waals surface area contributed by atoms with E-state index >= 15 is 0 Å². The maximum atomic E-state index is 11.7. The van der Waals surface area contributed by atoms with E-state index in [2.05, 4.69) is 13.0 Å². The Morgan fingerprint density at radius 2 is 2.11 bits per heavy atom. The maximum absolute atomic E-state index is 11.7. The second-order valence-electron chi connectivity index (χ2n) is 4.25. The largest absolute Gasteiger partial charge is 1.00 e. The molecule has 2 rings (SSSR count). The molecule has 5 heteroatoms. The summed E-state index contributed by atoms with van der Waals surface area (Å²) >= 11 is 1.64. The van der Waals surface area contributed by atoms with Gasteiger partial charge in [-0.25, -0.2) is 4.79 Å². The van der Waals surface area contributed by atoms with Crippen LogP contribution in [0.1, 0.15) is 26.2 Å². The topological polar surface area (TPSA) is 30.2 Å². The Morgan fingerprint density at radius 1 is 1.32 bits per heavy atom. The molecule has 0 aliphatic rings. The molecule has 3 nitrogen and oxygen atoms in total. The van der Waals surface area contributed by atoms with Crippen LogP contribution in [0.5, 0.6) is 0 Å². The molecule has 0 unspecified atom stereocenters. The van der Waals surface area contributed by atoms with Crippen molar-refractivity contribution in [1.29, 1.82) is 0 Å². The van der Waals surface area contributed by atoms with Crippen LogP contribution in [0.25, 0.3) is 10.2 Å². The summed E-state index contributed by atoms with van der Waals surface area (Å²) in [5, 5.41) is 0. The summed E-state index contributed by atoms with van der Waals surface area (Å²) in [6.07, 6.45) is 3.21. The fraction of sp³-hybridized carbons (Fsp3) is 0.429. The number of carbonyl (C=O) groups excluding carboxylic acids is 1. The van der Waals surface area contributed by atoms with Crippen molar-refractivity contribution in [2.24, 2.45) is 0 Å². The van der Waals surface area contributed by atoms with Gasteiger partial charge in [-0.3, -0.25) is 0 Å². The van der Waals surface area contributed by atoms with Crippen LogP contribution in [-0.2, 0) is 16.1 Å². The van der Waals surface area contributed by atoms with Crippen LogP contribution in [-0.4, -0.2) is 12.6 Å². The molecule has 0 aliphatic heterocycles. The number of fused-ring (bicyclic) bond motifs is 1. The average Bonchev–Trinajstić information content (AvgIpc) is 2.78. The second-order valence-corrected chi connectivity index (χ2v) is 5.13. The lowest BCUT2D eigenvalue weighted by Crippen LogP contribution is -3.00. The first-order valence-electron chi connectivity index (χ1n) is 6.32. The van der Waals surface area contributed by atoms with E-state index in [9.17, 15) is 4.79 Å². The third-order valence-electron chi connectivity index (χ3n) is 2.79. The number of benzene rings is 1. The quantitative estimate of drug-likeness (QED) is 0.417. The summed E-state index contributed by atoms with van der Waals surface area (Å²) in [6.45, 7) is 2.97. The van der Waals surface area contributed by atoms with E-state index in [1.807, 2.05) is 28.3 Å². The monoisotopic (exact) mass is 343 g/mol. The number of carbonyl (C=O) groups is 1. The summed E-state index contributed by atoms with van der Waals surface area (Å²) < 4.78 is 8.35. The lowest BCUT2D eigenvalue weighted by atomic mass is 10.3. The molecular formula is C14H18BrNO2S. The molecule has 19 heavy (non-hydrogen) atoms. The number of para-hydroxylation sites is 1. The normalized spacial score (nSPS) is 10.2. The van der Waals surface area contributed by atoms with Crippen molar-refractivity contribution in [1.82, 2.24) is 0 Å². The maximum Gasteiger partial charge on any atom is 0.372 e. The number of ether oxygens (including phenoxy) is 1.